The summed E-state index contributed by atoms with van der Waals surface area (Å²) in [7, 11) is 0. The van der Waals surface area contributed by atoms with Crippen molar-refractivity contribution in [1.29, 1.82) is 0 Å². The monoisotopic (exact) mass is 803 g/mol. The molecule has 0 fully saturated rings. The molecule has 0 N–H and O–H groups in total. The zero-order chi connectivity index (χ0) is 41.7. The van der Waals surface area contributed by atoms with Gasteiger partial charge in [0.2, 0.25) is 0 Å². The van der Waals surface area contributed by atoms with E-state index in [-0.39, 0.29) is 0 Å². The second-order valence-electron chi connectivity index (χ2n) is 15.8. The molecular weight excluding hydrogens is 767 g/mol. The molecule has 0 saturated heterocycles. The molecule has 0 bridgehead atoms. The van der Waals surface area contributed by atoms with E-state index in [0.717, 1.165) is 99.4 Å². The van der Waals surface area contributed by atoms with E-state index in [4.69, 9.17) is 19.9 Å². The topological polar surface area (TPSA) is 56.5 Å². The lowest BCUT2D eigenvalue weighted by atomic mass is 9.99. The molecule has 3 aromatic heterocycles. The number of rotatable bonds is 7. The standard InChI is InChI=1S/C58H37N5/c1-4-14-38(15-5-1)40-24-30-44(31-25-40)56-60-57(45-32-26-41(27-33-45)39-16-6-2-7-17-39)62-58(61-56)46-34-28-43(29-35-46)53-52-49-22-12-13-23-51(49)63(47-19-8-3-9-20-47)55(52)50-37-36-42-18-10-11-21-48(42)54(50)59-53/h1-37H. The minimum Gasteiger partial charge on any atom is -0.308 e. The zero-order valence-electron chi connectivity index (χ0n) is 34.1. The van der Waals surface area contributed by atoms with Gasteiger partial charge < -0.3 is 4.57 Å². The van der Waals surface area contributed by atoms with E-state index in [2.05, 4.69) is 217 Å². The lowest BCUT2D eigenvalue weighted by Gasteiger charge is -2.13. The number of hydrogen-bond donors (Lipinski definition) is 0. The van der Waals surface area contributed by atoms with Gasteiger partial charge in [-0.1, -0.05) is 206 Å². The molecule has 5 nitrogen and oxygen atoms in total. The van der Waals surface area contributed by atoms with Crippen molar-refractivity contribution < 1.29 is 0 Å². The van der Waals surface area contributed by atoms with Gasteiger partial charge in [-0.2, -0.15) is 0 Å². The second kappa shape index (κ2) is 15.2. The van der Waals surface area contributed by atoms with E-state index in [1.807, 2.05) is 12.1 Å². The average molecular weight is 804 g/mol. The Morgan fingerprint density at radius 2 is 0.714 bits per heavy atom. The van der Waals surface area contributed by atoms with Gasteiger partial charge in [-0.15, -0.1) is 0 Å². The van der Waals surface area contributed by atoms with Crippen LogP contribution in [0, 0.1) is 0 Å². The van der Waals surface area contributed by atoms with Crippen molar-refractivity contribution in [1.82, 2.24) is 24.5 Å². The summed E-state index contributed by atoms with van der Waals surface area (Å²) in [5, 5.41) is 5.67. The Kier molecular flexibility index (Phi) is 8.75. The molecule has 0 aliphatic rings. The van der Waals surface area contributed by atoms with Crippen LogP contribution < -0.4 is 0 Å². The molecule has 12 rings (SSSR count). The third-order valence-corrected chi connectivity index (χ3v) is 12.1. The highest BCUT2D eigenvalue weighted by Crippen LogP contribution is 2.43. The molecule has 5 heteroatoms. The third kappa shape index (κ3) is 6.42. The van der Waals surface area contributed by atoms with Gasteiger partial charge in [0.1, 0.15) is 0 Å². The summed E-state index contributed by atoms with van der Waals surface area (Å²) < 4.78 is 2.40. The van der Waals surface area contributed by atoms with E-state index in [1.165, 1.54) is 0 Å². The van der Waals surface area contributed by atoms with Crippen LogP contribution in [-0.2, 0) is 0 Å². The second-order valence-corrected chi connectivity index (χ2v) is 15.8. The Balaban J connectivity index is 1.02. The predicted molar refractivity (Wildman–Crippen MR) is 260 cm³/mol. The number of pyridine rings is 1. The van der Waals surface area contributed by atoms with Crippen LogP contribution in [0.15, 0.2) is 224 Å². The lowest BCUT2D eigenvalue weighted by molar-refractivity contribution is 1.07. The molecule has 0 unspecified atom stereocenters. The summed E-state index contributed by atoms with van der Waals surface area (Å²) >= 11 is 0. The molecule has 3 heterocycles. The summed E-state index contributed by atoms with van der Waals surface area (Å²) in [5.74, 6) is 1.83. The SMILES string of the molecule is c1ccc(-c2ccc(-c3nc(-c4ccc(-c5ccccc5)cc4)nc(-c4ccc(-c5nc6c7ccccc7ccc6c6c5c5ccccc5n6-c5ccccc5)cc4)n3)cc2)cc1. The Bertz CT molecular complexity index is 3520. The molecule has 0 radical (unpaired) electrons. The lowest BCUT2D eigenvalue weighted by Crippen LogP contribution is -2.00. The zero-order valence-corrected chi connectivity index (χ0v) is 34.1. The fraction of sp³-hybridized carbons (Fsp3) is 0. The number of benzene rings is 9. The van der Waals surface area contributed by atoms with Crippen molar-refractivity contribution >= 4 is 43.5 Å². The maximum atomic E-state index is 5.57. The van der Waals surface area contributed by atoms with Crippen molar-refractivity contribution in [2.45, 2.75) is 0 Å². The Morgan fingerprint density at radius 3 is 1.27 bits per heavy atom. The van der Waals surface area contributed by atoms with E-state index < -0.39 is 0 Å². The molecule has 0 saturated carbocycles. The van der Waals surface area contributed by atoms with Crippen LogP contribution in [0.1, 0.15) is 0 Å². The third-order valence-electron chi connectivity index (χ3n) is 12.1. The Labute approximate surface area is 364 Å². The van der Waals surface area contributed by atoms with E-state index in [0.29, 0.717) is 17.5 Å². The number of nitrogens with zero attached hydrogens (tertiary/aromatic N) is 5. The molecule has 0 aliphatic carbocycles. The quantitative estimate of drug-likeness (QED) is 0.151. The van der Waals surface area contributed by atoms with Crippen LogP contribution in [0.3, 0.4) is 0 Å². The normalized spacial score (nSPS) is 11.5. The molecule has 294 valence electrons. The fourth-order valence-corrected chi connectivity index (χ4v) is 8.95. The smallest absolute Gasteiger partial charge is 0.164 e. The van der Waals surface area contributed by atoms with Gasteiger partial charge in [-0.05, 0) is 45.8 Å². The molecule has 63 heavy (non-hydrogen) atoms. The average Bonchev–Trinajstić information content (AvgIpc) is 3.72. The first-order chi connectivity index (χ1) is 31.2. The van der Waals surface area contributed by atoms with Gasteiger partial charge in [0.05, 0.1) is 22.2 Å². The highest BCUT2D eigenvalue weighted by Gasteiger charge is 2.22. The van der Waals surface area contributed by atoms with Crippen molar-refractivity contribution in [2.24, 2.45) is 0 Å². The maximum Gasteiger partial charge on any atom is 0.164 e. The predicted octanol–water partition coefficient (Wildman–Crippen LogP) is 14.7. The van der Waals surface area contributed by atoms with Crippen molar-refractivity contribution in [3.63, 3.8) is 0 Å². The largest absolute Gasteiger partial charge is 0.308 e. The Morgan fingerprint density at radius 1 is 0.286 bits per heavy atom. The molecule has 0 amide bonds. The van der Waals surface area contributed by atoms with Gasteiger partial charge in [-0.3, -0.25) is 0 Å². The number of hydrogen-bond acceptors (Lipinski definition) is 4. The number of fused-ring (bicyclic) bond motifs is 7. The van der Waals surface area contributed by atoms with E-state index in [1.54, 1.807) is 0 Å². The highest BCUT2D eigenvalue weighted by molar-refractivity contribution is 6.25. The Hall–Kier alpha value is -8.54. The molecule has 0 atom stereocenters. The molecular formula is C58H37N5. The van der Waals surface area contributed by atoms with Gasteiger partial charge in [0.25, 0.3) is 0 Å². The molecule has 0 aliphatic heterocycles. The highest BCUT2D eigenvalue weighted by atomic mass is 15.0. The first kappa shape index (κ1) is 36.3. The van der Waals surface area contributed by atoms with Gasteiger partial charge in [0.15, 0.2) is 17.5 Å². The van der Waals surface area contributed by atoms with Crippen molar-refractivity contribution in [3.05, 3.63) is 224 Å². The number of aromatic nitrogens is 5. The minimum absolute atomic E-state index is 0.601. The van der Waals surface area contributed by atoms with Crippen LogP contribution >= 0.6 is 0 Å². The number of para-hydroxylation sites is 2. The molecule has 9 aromatic carbocycles. The molecule has 12 aromatic rings. The van der Waals surface area contributed by atoms with Crippen LogP contribution in [0.4, 0.5) is 0 Å². The van der Waals surface area contributed by atoms with Crippen LogP contribution in [0.2, 0.25) is 0 Å². The summed E-state index contributed by atoms with van der Waals surface area (Å²) in [6, 6.07) is 78.6. The summed E-state index contributed by atoms with van der Waals surface area (Å²) in [6.07, 6.45) is 0. The first-order valence-electron chi connectivity index (χ1n) is 21.2. The fourth-order valence-electron chi connectivity index (χ4n) is 8.95. The van der Waals surface area contributed by atoms with Gasteiger partial charge >= 0.3 is 0 Å². The van der Waals surface area contributed by atoms with Crippen LogP contribution in [0.25, 0.3) is 117 Å². The summed E-state index contributed by atoms with van der Waals surface area (Å²) in [4.78, 5) is 20.9. The summed E-state index contributed by atoms with van der Waals surface area (Å²) in [6.45, 7) is 0. The first-order valence-corrected chi connectivity index (χ1v) is 21.2. The van der Waals surface area contributed by atoms with Gasteiger partial charge in [0, 0.05) is 49.5 Å². The minimum atomic E-state index is 0.601. The van der Waals surface area contributed by atoms with E-state index in [9.17, 15) is 0 Å². The van der Waals surface area contributed by atoms with E-state index >= 15 is 0 Å². The summed E-state index contributed by atoms with van der Waals surface area (Å²) in [5.41, 5.74) is 13.6. The van der Waals surface area contributed by atoms with Gasteiger partial charge in [-0.25, -0.2) is 19.9 Å². The maximum absolute atomic E-state index is 5.57. The van der Waals surface area contributed by atoms with Crippen molar-refractivity contribution in [3.8, 4) is 73.4 Å². The molecule has 0 spiro atoms. The van der Waals surface area contributed by atoms with Crippen LogP contribution in [-0.4, -0.2) is 24.5 Å². The van der Waals surface area contributed by atoms with Crippen LogP contribution in [0.5, 0.6) is 0 Å². The van der Waals surface area contributed by atoms with Crippen molar-refractivity contribution in [2.75, 3.05) is 0 Å².